The van der Waals surface area contributed by atoms with Crippen molar-refractivity contribution >= 4 is 46.8 Å². The first kappa shape index (κ1) is 44.3. The summed E-state index contributed by atoms with van der Waals surface area (Å²) in [6.45, 7) is 7.73. The Balaban J connectivity index is 1.07. The maximum atomic E-state index is 13.8. The maximum Gasteiger partial charge on any atom is 0.407 e. The third-order valence-electron chi connectivity index (χ3n) is 11.4. The average molecular weight is 830 g/mol. The number of likely N-dealkylation sites (N-methyl/N-ethyl adjacent to an activating group) is 1. The molecule has 0 radical (unpaired) electrons. The summed E-state index contributed by atoms with van der Waals surface area (Å²) < 4.78 is 4.76. The van der Waals surface area contributed by atoms with Gasteiger partial charge < -0.3 is 35.4 Å². The number of benzene rings is 4. The Kier molecular flexibility index (Phi) is 14.5. The summed E-state index contributed by atoms with van der Waals surface area (Å²) in [5.41, 5.74) is 4.71. The molecule has 4 aromatic carbocycles. The zero-order valence-electron chi connectivity index (χ0n) is 36.1. The molecule has 0 aromatic heterocycles. The van der Waals surface area contributed by atoms with Gasteiger partial charge in [-0.05, 0) is 98.3 Å². The molecule has 2 aliphatic rings. The summed E-state index contributed by atoms with van der Waals surface area (Å²) in [6.07, 6.45) is 1.89. The predicted molar refractivity (Wildman–Crippen MR) is 238 cm³/mol. The summed E-state index contributed by atoms with van der Waals surface area (Å²) >= 11 is 0. The Labute approximate surface area is 359 Å². The number of carbonyl (C=O) groups excluding carboxylic acids is 5. The lowest BCUT2D eigenvalue weighted by Crippen LogP contribution is -2.57. The number of hydrogen-bond donors (Lipinski definition) is 3. The fraction of sp³-hybridized carbons (Fsp3) is 0.396. The quantitative estimate of drug-likeness (QED) is 0.126. The minimum atomic E-state index is -0.854. The van der Waals surface area contributed by atoms with Gasteiger partial charge in [0.2, 0.25) is 23.6 Å². The van der Waals surface area contributed by atoms with Crippen molar-refractivity contribution in [2.24, 2.45) is 5.41 Å². The number of nitrogens with one attached hydrogen (secondary N) is 3. The molecule has 1 unspecified atom stereocenters. The number of para-hydroxylation sites is 1. The molecule has 322 valence electrons. The van der Waals surface area contributed by atoms with E-state index in [9.17, 15) is 24.0 Å². The van der Waals surface area contributed by atoms with Crippen LogP contribution >= 0.6 is 0 Å². The van der Waals surface area contributed by atoms with E-state index in [0.29, 0.717) is 56.8 Å². The Hall–Kier alpha value is -6.21. The molecular formula is C48H59N7O6. The van der Waals surface area contributed by atoms with E-state index in [1.807, 2.05) is 137 Å². The Morgan fingerprint density at radius 1 is 0.672 bits per heavy atom. The molecule has 5 amide bonds. The van der Waals surface area contributed by atoms with Crippen LogP contribution in [0.5, 0.6) is 0 Å². The van der Waals surface area contributed by atoms with Crippen LogP contribution < -0.4 is 20.9 Å². The van der Waals surface area contributed by atoms with Crippen molar-refractivity contribution in [2.75, 3.05) is 49.8 Å². The van der Waals surface area contributed by atoms with Crippen LogP contribution in [0.2, 0.25) is 0 Å². The van der Waals surface area contributed by atoms with Crippen molar-refractivity contribution in [2.45, 2.75) is 83.7 Å². The molecule has 4 aromatic rings. The van der Waals surface area contributed by atoms with Gasteiger partial charge in [-0.3, -0.25) is 24.1 Å². The van der Waals surface area contributed by atoms with E-state index in [1.54, 1.807) is 9.80 Å². The van der Waals surface area contributed by atoms with E-state index in [-0.39, 0.29) is 23.6 Å². The zero-order valence-corrected chi connectivity index (χ0v) is 36.1. The number of methoxy groups -OCH3 is 1. The second-order valence-corrected chi connectivity index (χ2v) is 17.2. The monoisotopic (exact) mass is 829 g/mol. The van der Waals surface area contributed by atoms with Gasteiger partial charge in [-0.15, -0.1) is 0 Å². The Morgan fingerprint density at radius 3 is 1.57 bits per heavy atom. The maximum absolute atomic E-state index is 13.8. The number of nitrogens with zero attached hydrogens (tertiary/aromatic N) is 4. The van der Waals surface area contributed by atoms with Gasteiger partial charge >= 0.3 is 6.09 Å². The van der Waals surface area contributed by atoms with E-state index in [4.69, 9.17) is 4.74 Å². The first-order valence-electron chi connectivity index (χ1n) is 21.0. The highest BCUT2D eigenvalue weighted by Crippen LogP contribution is 2.29. The second kappa shape index (κ2) is 19.9. The minimum absolute atomic E-state index is 0.0736. The summed E-state index contributed by atoms with van der Waals surface area (Å²) in [5.74, 6) is -0.848. The average Bonchev–Trinajstić information content (AvgIpc) is 3.95. The van der Waals surface area contributed by atoms with Gasteiger partial charge in [0, 0.05) is 43.2 Å². The van der Waals surface area contributed by atoms with Crippen LogP contribution in [0.15, 0.2) is 109 Å². The third kappa shape index (κ3) is 11.1. The standard InChI is InChI=1S/C48H59N7O6/c1-48(2,3)42(51-47(60)61-6)46(59)55-30-14-20-40(55)44(57)50-37-27-23-34(24-28-37)32-53(38-17-11-8-12-18-38)31-33-21-25-36(26-22-33)49-43(56)39-19-13-29-54(39)45(58)41(52(4)5)35-15-9-7-10-16-35/h7-12,15-18,21-28,39-42H,13-14,19-20,29-32H2,1-6H3,(H,49,56)(H,50,57)(H,51,60)/t39?,40-,41+,42+/m0/s1. The van der Waals surface area contributed by atoms with Crippen molar-refractivity contribution in [3.8, 4) is 0 Å². The SMILES string of the molecule is COC(=O)N[C@H](C(=O)N1CCC[C@H]1C(=O)Nc1ccc(CN(Cc2ccc(NC(=O)C3CCCN3C(=O)[C@@H](c3ccccc3)N(C)C)cc2)c2ccccc2)cc1)C(C)(C)C. The summed E-state index contributed by atoms with van der Waals surface area (Å²) in [7, 11) is 5.02. The molecule has 13 heteroatoms. The molecule has 0 saturated carbocycles. The molecule has 0 spiro atoms. The molecule has 0 aliphatic carbocycles. The number of alkyl carbamates (subject to hydrolysis) is 1. The lowest BCUT2D eigenvalue weighted by Gasteiger charge is -2.35. The molecule has 2 fully saturated rings. The van der Waals surface area contributed by atoms with Crippen LogP contribution in [-0.2, 0) is 37.0 Å². The molecule has 61 heavy (non-hydrogen) atoms. The number of carbonyl (C=O) groups is 5. The number of rotatable bonds is 14. The highest BCUT2D eigenvalue weighted by Gasteiger charge is 2.42. The Bertz CT molecular complexity index is 2120. The fourth-order valence-electron chi connectivity index (χ4n) is 8.21. The van der Waals surface area contributed by atoms with Gasteiger partial charge in [-0.2, -0.15) is 0 Å². The van der Waals surface area contributed by atoms with E-state index >= 15 is 0 Å². The van der Waals surface area contributed by atoms with Crippen LogP contribution in [-0.4, -0.2) is 96.8 Å². The molecule has 6 rings (SSSR count). The smallest absolute Gasteiger partial charge is 0.407 e. The minimum Gasteiger partial charge on any atom is -0.453 e. The van der Waals surface area contributed by atoms with Crippen LogP contribution in [0, 0.1) is 5.41 Å². The first-order chi connectivity index (χ1) is 29.2. The molecular weight excluding hydrogens is 771 g/mol. The van der Waals surface area contributed by atoms with Crippen LogP contribution in [0.1, 0.15) is 69.2 Å². The highest BCUT2D eigenvalue weighted by molar-refractivity contribution is 5.99. The predicted octanol–water partition coefficient (Wildman–Crippen LogP) is 6.83. The number of ether oxygens (including phenoxy) is 1. The summed E-state index contributed by atoms with van der Waals surface area (Å²) in [4.78, 5) is 74.2. The molecule has 13 nitrogen and oxygen atoms in total. The zero-order chi connectivity index (χ0) is 43.7. The van der Waals surface area contributed by atoms with Crippen LogP contribution in [0.3, 0.4) is 0 Å². The largest absolute Gasteiger partial charge is 0.453 e. The number of likely N-dealkylation sites (tertiary alicyclic amines) is 2. The number of anilines is 3. The molecule has 2 heterocycles. The highest BCUT2D eigenvalue weighted by atomic mass is 16.5. The molecule has 2 saturated heterocycles. The van der Waals surface area contributed by atoms with Gasteiger partial charge in [0.15, 0.2) is 0 Å². The van der Waals surface area contributed by atoms with E-state index in [2.05, 4.69) is 33.0 Å². The second-order valence-electron chi connectivity index (χ2n) is 17.2. The van der Waals surface area contributed by atoms with Gasteiger partial charge in [0.05, 0.1) is 7.11 Å². The third-order valence-corrected chi connectivity index (χ3v) is 11.4. The lowest BCUT2D eigenvalue weighted by atomic mass is 9.85. The van der Waals surface area contributed by atoms with Crippen molar-refractivity contribution < 1.29 is 28.7 Å². The molecule has 3 N–H and O–H groups in total. The fourth-order valence-corrected chi connectivity index (χ4v) is 8.21. The van der Waals surface area contributed by atoms with Gasteiger partial charge in [0.25, 0.3) is 0 Å². The van der Waals surface area contributed by atoms with Gasteiger partial charge in [-0.25, -0.2) is 4.79 Å². The summed E-state index contributed by atoms with van der Waals surface area (Å²) in [5, 5.41) is 8.72. The van der Waals surface area contributed by atoms with Crippen LogP contribution in [0.4, 0.5) is 21.9 Å². The van der Waals surface area contributed by atoms with E-state index in [0.717, 1.165) is 28.8 Å². The molecule has 2 aliphatic heterocycles. The summed E-state index contributed by atoms with van der Waals surface area (Å²) in [6, 6.07) is 32.8. The van der Waals surface area contributed by atoms with Crippen molar-refractivity contribution in [1.82, 2.24) is 20.0 Å². The van der Waals surface area contributed by atoms with Crippen molar-refractivity contribution in [3.05, 3.63) is 126 Å². The van der Waals surface area contributed by atoms with E-state index in [1.165, 1.54) is 7.11 Å². The number of hydrogen-bond acceptors (Lipinski definition) is 8. The molecule has 0 bridgehead atoms. The van der Waals surface area contributed by atoms with E-state index < -0.39 is 35.7 Å². The molecule has 4 atom stereocenters. The lowest BCUT2D eigenvalue weighted by molar-refractivity contribution is -0.141. The normalized spacial score (nSPS) is 17.4. The Morgan fingerprint density at radius 2 is 1.13 bits per heavy atom. The van der Waals surface area contributed by atoms with Crippen LogP contribution in [0.25, 0.3) is 0 Å². The van der Waals surface area contributed by atoms with Crippen molar-refractivity contribution in [3.63, 3.8) is 0 Å². The topological polar surface area (TPSA) is 144 Å². The van der Waals surface area contributed by atoms with Crippen molar-refractivity contribution in [1.29, 1.82) is 0 Å². The first-order valence-corrected chi connectivity index (χ1v) is 21.0. The van der Waals surface area contributed by atoms with Gasteiger partial charge in [-0.1, -0.05) is 93.6 Å². The number of amides is 5. The van der Waals surface area contributed by atoms with Gasteiger partial charge in [0.1, 0.15) is 24.2 Å².